The second-order valence-electron chi connectivity index (χ2n) is 7.05. The number of carbonyl (C=O) groups is 1. The van der Waals surface area contributed by atoms with Gasteiger partial charge < -0.3 is 10.6 Å². The van der Waals surface area contributed by atoms with Gasteiger partial charge in [-0.1, -0.05) is 74.0 Å². The maximum Gasteiger partial charge on any atom is 0.239 e. The van der Waals surface area contributed by atoms with Gasteiger partial charge in [-0.15, -0.1) is 0 Å². The molecule has 2 unspecified atom stereocenters. The van der Waals surface area contributed by atoms with Crippen LogP contribution < -0.4 is 5.73 Å². The van der Waals surface area contributed by atoms with Crippen molar-refractivity contribution >= 4 is 5.91 Å². The van der Waals surface area contributed by atoms with Gasteiger partial charge >= 0.3 is 0 Å². The van der Waals surface area contributed by atoms with Crippen LogP contribution in [0, 0.1) is 5.92 Å². The minimum absolute atomic E-state index is 0.0915. The van der Waals surface area contributed by atoms with E-state index in [4.69, 9.17) is 5.73 Å². The maximum absolute atomic E-state index is 12.8. The summed E-state index contributed by atoms with van der Waals surface area (Å²) in [6, 6.07) is 20.3. The van der Waals surface area contributed by atoms with Gasteiger partial charge in [-0.05, 0) is 35.8 Å². The molecule has 3 rings (SSSR count). The topological polar surface area (TPSA) is 46.3 Å². The fourth-order valence-corrected chi connectivity index (χ4v) is 3.97. The third-order valence-electron chi connectivity index (χ3n) is 5.41. The minimum Gasteiger partial charge on any atom is -0.341 e. The fraction of sp³-hybridized carbons (Fsp3) is 0.409. The molecule has 25 heavy (non-hydrogen) atoms. The number of carbonyl (C=O) groups excluding carboxylic acids is 1. The third-order valence-corrected chi connectivity index (χ3v) is 5.41. The molecule has 0 radical (unpaired) electrons. The highest BCUT2D eigenvalue weighted by molar-refractivity contribution is 5.82. The Morgan fingerprint density at radius 2 is 1.76 bits per heavy atom. The van der Waals surface area contributed by atoms with Crippen molar-refractivity contribution in [2.24, 2.45) is 11.7 Å². The highest BCUT2D eigenvalue weighted by Crippen LogP contribution is 2.35. The first-order chi connectivity index (χ1) is 12.2. The van der Waals surface area contributed by atoms with E-state index in [1.54, 1.807) is 0 Å². The molecule has 0 bridgehead atoms. The van der Waals surface area contributed by atoms with Gasteiger partial charge in [0, 0.05) is 13.1 Å². The van der Waals surface area contributed by atoms with Crippen LogP contribution in [0.4, 0.5) is 0 Å². The van der Waals surface area contributed by atoms with E-state index >= 15 is 0 Å². The number of hydrogen-bond donors (Lipinski definition) is 1. The zero-order valence-corrected chi connectivity index (χ0v) is 15.0. The van der Waals surface area contributed by atoms with Crippen molar-refractivity contribution in [1.29, 1.82) is 0 Å². The molecule has 1 amide bonds. The average molecular weight is 336 g/mol. The molecule has 132 valence electrons. The number of likely N-dealkylation sites (tertiary alicyclic amines) is 1. The molecule has 1 heterocycles. The van der Waals surface area contributed by atoms with Crippen LogP contribution in [0.2, 0.25) is 0 Å². The summed E-state index contributed by atoms with van der Waals surface area (Å²) in [5.74, 6) is 1.14. The van der Waals surface area contributed by atoms with E-state index in [9.17, 15) is 4.79 Å². The predicted octanol–water partition coefficient (Wildman–Crippen LogP) is 3.60. The molecule has 3 atom stereocenters. The van der Waals surface area contributed by atoms with Gasteiger partial charge in [-0.3, -0.25) is 4.79 Å². The molecule has 1 aliphatic rings. The predicted molar refractivity (Wildman–Crippen MR) is 102 cm³/mol. The van der Waals surface area contributed by atoms with Gasteiger partial charge in [-0.2, -0.15) is 0 Å². The lowest BCUT2D eigenvalue weighted by atomic mass is 9.79. The normalized spacial score (nSPS) is 21.8. The van der Waals surface area contributed by atoms with Gasteiger partial charge in [0.05, 0.1) is 6.04 Å². The third kappa shape index (κ3) is 4.29. The van der Waals surface area contributed by atoms with Crippen LogP contribution in [0.3, 0.4) is 0 Å². The lowest BCUT2D eigenvalue weighted by Crippen LogP contribution is -2.50. The summed E-state index contributed by atoms with van der Waals surface area (Å²) in [6.45, 7) is 3.84. The second-order valence-corrected chi connectivity index (χ2v) is 7.05. The van der Waals surface area contributed by atoms with Crippen LogP contribution >= 0.6 is 0 Å². The van der Waals surface area contributed by atoms with Crippen LogP contribution in [0.1, 0.15) is 36.8 Å². The number of benzene rings is 2. The van der Waals surface area contributed by atoms with Crippen LogP contribution in [-0.2, 0) is 11.2 Å². The molecule has 0 spiro atoms. The van der Waals surface area contributed by atoms with E-state index in [1.165, 1.54) is 5.56 Å². The van der Waals surface area contributed by atoms with Crippen LogP contribution in [0.25, 0.3) is 0 Å². The Labute approximate surface area is 150 Å². The minimum atomic E-state index is -0.451. The van der Waals surface area contributed by atoms with Gasteiger partial charge in [-0.25, -0.2) is 0 Å². The first-order valence-electron chi connectivity index (χ1n) is 9.32. The van der Waals surface area contributed by atoms with Crippen LogP contribution in [0.5, 0.6) is 0 Å². The van der Waals surface area contributed by atoms with Crippen molar-refractivity contribution in [3.8, 4) is 0 Å². The van der Waals surface area contributed by atoms with Crippen molar-refractivity contribution in [2.45, 2.75) is 38.1 Å². The smallest absolute Gasteiger partial charge is 0.239 e. The zero-order chi connectivity index (χ0) is 17.6. The zero-order valence-electron chi connectivity index (χ0n) is 15.0. The summed E-state index contributed by atoms with van der Waals surface area (Å²) >= 11 is 0. The van der Waals surface area contributed by atoms with Gasteiger partial charge in [0.25, 0.3) is 0 Å². The van der Waals surface area contributed by atoms with Crippen molar-refractivity contribution in [1.82, 2.24) is 4.90 Å². The van der Waals surface area contributed by atoms with E-state index in [-0.39, 0.29) is 5.91 Å². The number of hydrogen-bond acceptors (Lipinski definition) is 2. The first kappa shape index (κ1) is 17.7. The molecule has 3 heteroatoms. The Bertz CT molecular complexity index is 671. The quantitative estimate of drug-likeness (QED) is 0.907. The molecule has 0 aliphatic carbocycles. The molecular formula is C22H28N2O. The summed E-state index contributed by atoms with van der Waals surface area (Å²) in [7, 11) is 0. The summed E-state index contributed by atoms with van der Waals surface area (Å²) in [6.07, 6.45) is 2.71. The number of rotatable bonds is 5. The SMILES string of the molecule is CCC1CN(C(=O)[C@@H](N)Cc2ccccc2)CCC1c1ccccc1. The molecule has 1 aliphatic heterocycles. The molecule has 3 nitrogen and oxygen atoms in total. The molecule has 2 N–H and O–H groups in total. The molecule has 1 saturated heterocycles. The molecule has 2 aromatic rings. The average Bonchev–Trinajstić information content (AvgIpc) is 2.68. The van der Waals surface area contributed by atoms with Crippen molar-refractivity contribution < 1.29 is 4.79 Å². The van der Waals surface area contributed by atoms with E-state index in [1.807, 2.05) is 35.2 Å². The Hall–Kier alpha value is -2.13. The second kappa shape index (κ2) is 8.30. The number of piperidine rings is 1. The lowest BCUT2D eigenvalue weighted by molar-refractivity contribution is -0.134. The van der Waals surface area contributed by atoms with Crippen molar-refractivity contribution in [3.63, 3.8) is 0 Å². The van der Waals surface area contributed by atoms with Gasteiger partial charge in [0.1, 0.15) is 0 Å². The monoisotopic (exact) mass is 336 g/mol. The van der Waals surface area contributed by atoms with Crippen molar-refractivity contribution in [3.05, 3.63) is 71.8 Å². The summed E-state index contributed by atoms with van der Waals surface area (Å²) in [5.41, 5.74) is 8.74. The Morgan fingerprint density at radius 3 is 2.40 bits per heavy atom. The van der Waals surface area contributed by atoms with Crippen LogP contribution in [0.15, 0.2) is 60.7 Å². The number of nitrogens with two attached hydrogens (primary N) is 1. The molecule has 2 aromatic carbocycles. The number of nitrogens with zero attached hydrogens (tertiary/aromatic N) is 1. The lowest BCUT2D eigenvalue weighted by Gasteiger charge is -2.39. The van der Waals surface area contributed by atoms with Crippen molar-refractivity contribution in [2.75, 3.05) is 13.1 Å². The summed E-state index contributed by atoms with van der Waals surface area (Å²) in [4.78, 5) is 14.8. The molecular weight excluding hydrogens is 308 g/mol. The van der Waals surface area contributed by atoms with Gasteiger partial charge in [0.2, 0.25) is 5.91 Å². The van der Waals surface area contributed by atoms with E-state index < -0.39 is 6.04 Å². The molecule has 1 fully saturated rings. The Morgan fingerprint density at radius 1 is 1.12 bits per heavy atom. The largest absolute Gasteiger partial charge is 0.341 e. The Balaban J connectivity index is 1.63. The maximum atomic E-state index is 12.8. The highest BCUT2D eigenvalue weighted by Gasteiger charge is 2.32. The molecule has 0 aromatic heterocycles. The van der Waals surface area contributed by atoms with E-state index in [0.29, 0.717) is 18.3 Å². The van der Waals surface area contributed by atoms with Gasteiger partial charge in [0.15, 0.2) is 0 Å². The first-order valence-corrected chi connectivity index (χ1v) is 9.32. The Kier molecular flexibility index (Phi) is 5.87. The number of amides is 1. The fourth-order valence-electron chi connectivity index (χ4n) is 3.97. The van der Waals surface area contributed by atoms with E-state index in [2.05, 4.69) is 37.3 Å². The van der Waals surface area contributed by atoms with E-state index in [0.717, 1.165) is 31.5 Å². The molecule has 0 saturated carbocycles. The standard InChI is InChI=1S/C22H28N2O/c1-2-18-16-24(14-13-20(18)19-11-7-4-8-12-19)22(25)21(23)15-17-9-5-3-6-10-17/h3-12,18,20-21H,2,13-16,23H2,1H3/t18?,20?,21-/m0/s1. The van der Waals surface area contributed by atoms with Crippen LogP contribution in [-0.4, -0.2) is 29.9 Å². The summed E-state index contributed by atoms with van der Waals surface area (Å²) in [5, 5.41) is 0. The summed E-state index contributed by atoms with van der Waals surface area (Å²) < 4.78 is 0. The highest BCUT2D eigenvalue weighted by atomic mass is 16.2.